The van der Waals surface area contributed by atoms with Crippen LogP contribution in [-0.4, -0.2) is 25.3 Å². The van der Waals surface area contributed by atoms with Gasteiger partial charge in [0.25, 0.3) is 0 Å². The van der Waals surface area contributed by atoms with E-state index in [1.807, 2.05) is 0 Å². The molecule has 3 N–H and O–H groups in total. The summed E-state index contributed by atoms with van der Waals surface area (Å²) in [5.41, 5.74) is 4.97. The molecule has 2 rings (SSSR count). The number of nitrogens with one attached hydrogen (secondary N) is 1. The molecule has 1 amide bonds. The first-order valence-corrected chi connectivity index (χ1v) is 4.44. The van der Waals surface area contributed by atoms with Gasteiger partial charge in [-0.1, -0.05) is 0 Å². The lowest BCUT2D eigenvalue weighted by atomic mass is 9.99. The first kappa shape index (κ1) is 7.86. The molecule has 0 aromatic rings. The molecule has 68 valence electrons. The highest BCUT2D eigenvalue weighted by Gasteiger charge is 2.40. The van der Waals surface area contributed by atoms with Gasteiger partial charge in [-0.05, 0) is 25.3 Å². The third kappa shape index (κ3) is 1.27. The second-order valence-corrected chi connectivity index (χ2v) is 3.63. The summed E-state index contributed by atoms with van der Waals surface area (Å²) in [6.45, 7) is 2.05. The Morgan fingerprint density at radius 3 is 3.00 bits per heavy atom. The number of carbonyl (C=O) groups is 1. The van der Waals surface area contributed by atoms with Crippen molar-refractivity contribution in [1.29, 1.82) is 0 Å². The molecule has 1 saturated heterocycles. The number of amides is 1. The van der Waals surface area contributed by atoms with E-state index in [0.717, 1.165) is 25.9 Å². The predicted octanol–water partition coefficient (Wildman–Crippen LogP) is 0.0797. The number of primary amides is 1. The van der Waals surface area contributed by atoms with E-state index in [4.69, 9.17) is 10.5 Å². The van der Waals surface area contributed by atoms with E-state index in [9.17, 15) is 4.79 Å². The average Bonchev–Trinajstić information content (AvgIpc) is 2.52. The van der Waals surface area contributed by atoms with Crippen LogP contribution in [-0.2, 0) is 4.74 Å². The van der Waals surface area contributed by atoms with Crippen LogP contribution in [0.5, 0.6) is 0 Å². The molecule has 1 aliphatic carbocycles. The molecule has 4 heteroatoms. The van der Waals surface area contributed by atoms with Crippen LogP contribution in [0.15, 0.2) is 0 Å². The molecule has 3 unspecified atom stereocenters. The largest absolute Gasteiger partial charge is 0.446 e. The fraction of sp³-hybridized carbons (Fsp3) is 0.875. The van der Waals surface area contributed by atoms with Crippen molar-refractivity contribution in [2.75, 3.05) is 13.1 Å². The Morgan fingerprint density at radius 1 is 1.42 bits per heavy atom. The number of fused-ring (bicyclic) bond motifs is 1. The second kappa shape index (κ2) is 2.94. The van der Waals surface area contributed by atoms with Crippen molar-refractivity contribution >= 4 is 6.09 Å². The third-order valence-corrected chi connectivity index (χ3v) is 2.96. The minimum Gasteiger partial charge on any atom is -0.446 e. The lowest BCUT2D eigenvalue weighted by Crippen LogP contribution is -2.28. The summed E-state index contributed by atoms with van der Waals surface area (Å²) in [5, 5.41) is 3.30. The molecule has 1 aliphatic heterocycles. The van der Waals surface area contributed by atoms with E-state index >= 15 is 0 Å². The molecule has 0 spiro atoms. The maximum absolute atomic E-state index is 10.5. The van der Waals surface area contributed by atoms with Crippen LogP contribution in [0.4, 0.5) is 4.79 Å². The van der Waals surface area contributed by atoms with Crippen molar-refractivity contribution in [3.05, 3.63) is 0 Å². The maximum atomic E-state index is 10.5. The summed E-state index contributed by atoms with van der Waals surface area (Å²) >= 11 is 0. The van der Waals surface area contributed by atoms with Gasteiger partial charge < -0.3 is 15.8 Å². The zero-order valence-corrected chi connectivity index (χ0v) is 6.95. The Balaban J connectivity index is 1.95. The molecule has 3 atom stereocenters. The molecule has 12 heavy (non-hydrogen) atoms. The second-order valence-electron chi connectivity index (χ2n) is 3.63. The van der Waals surface area contributed by atoms with Crippen molar-refractivity contribution in [2.45, 2.75) is 18.9 Å². The number of hydrogen-bond donors (Lipinski definition) is 2. The number of ether oxygens (including phenoxy) is 1. The fourth-order valence-electron chi connectivity index (χ4n) is 2.39. The maximum Gasteiger partial charge on any atom is 0.404 e. The fourth-order valence-corrected chi connectivity index (χ4v) is 2.39. The van der Waals surface area contributed by atoms with E-state index < -0.39 is 6.09 Å². The van der Waals surface area contributed by atoms with Gasteiger partial charge in [-0.3, -0.25) is 0 Å². The summed E-state index contributed by atoms with van der Waals surface area (Å²) in [6, 6.07) is 0. The van der Waals surface area contributed by atoms with Crippen LogP contribution in [0.3, 0.4) is 0 Å². The zero-order chi connectivity index (χ0) is 8.55. The number of hydrogen-bond acceptors (Lipinski definition) is 3. The molecule has 0 aromatic carbocycles. The molecule has 0 bridgehead atoms. The molecule has 1 saturated carbocycles. The quantitative estimate of drug-likeness (QED) is 0.585. The van der Waals surface area contributed by atoms with Crippen LogP contribution in [0.2, 0.25) is 0 Å². The predicted molar refractivity (Wildman–Crippen MR) is 43.5 cm³/mol. The van der Waals surface area contributed by atoms with Crippen LogP contribution >= 0.6 is 0 Å². The van der Waals surface area contributed by atoms with E-state index in [1.54, 1.807) is 0 Å². The summed E-state index contributed by atoms with van der Waals surface area (Å²) in [6.07, 6.45) is 1.59. The standard InChI is InChI=1S/C8H14N2O2/c9-8(11)12-7-2-1-5-3-10-4-6(5)7/h5-7,10H,1-4H2,(H2,9,11). The average molecular weight is 170 g/mol. The summed E-state index contributed by atoms with van der Waals surface area (Å²) in [4.78, 5) is 10.5. The highest BCUT2D eigenvalue weighted by Crippen LogP contribution is 2.36. The Bertz CT molecular complexity index is 195. The molecule has 1 heterocycles. The minimum absolute atomic E-state index is 0.0718. The van der Waals surface area contributed by atoms with Gasteiger partial charge >= 0.3 is 6.09 Å². The lowest BCUT2D eigenvalue weighted by molar-refractivity contribution is 0.0835. The zero-order valence-electron chi connectivity index (χ0n) is 6.95. The number of nitrogens with two attached hydrogens (primary N) is 1. The highest BCUT2D eigenvalue weighted by molar-refractivity contribution is 5.64. The molecular formula is C8H14N2O2. The summed E-state index contributed by atoms with van der Waals surface area (Å²) in [5.74, 6) is 1.21. The van der Waals surface area contributed by atoms with Crippen molar-refractivity contribution in [2.24, 2.45) is 17.6 Å². The van der Waals surface area contributed by atoms with Gasteiger partial charge in [0.2, 0.25) is 0 Å². The van der Waals surface area contributed by atoms with Crippen molar-refractivity contribution in [3.63, 3.8) is 0 Å². The van der Waals surface area contributed by atoms with Gasteiger partial charge in [-0.15, -0.1) is 0 Å². The SMILES string of the molecule is NC(=O)OC1CCC2CNCC21. The Kier molecular flexibility index (Phi) is 1.92. The van der Waals surface area contributed by atoms with Gasteiger partial charge in [0.05, 0.1) is 0 Å². The molecule has 2 aliphatic rings. The molecule has 4 nitrogen and oxygen atoms in total. The van der Waals surface area contributed by atoms with Gasteiger partial charge in [0.1, 0.15) is 6.10 Å². The smallest absolute Gasteiger partial charge is 0.404 e. The monoisotopic (exact) mass is 170 g/mol. The van der Waals surface area contributed by atoms with Crippen molar-refractivity contribution in [3.8, 4) is 0 Å². The van der Waals surface area contributed by atoms with Gasteiger partial charge in [-0.25, -0.2) is 4.79 Å². The van der Waals surface area contributed by atoms with Crippen LogP contribution in [0.1, 0.15) is 12.8 Å². The Hall–Kier alpha value is -0.770. The van der Waals surface area contributed by atoms with E-state index in [2.05, 4.69) is 5.32 Å². The summed E-state index contributed by atoms with van der Waals surface area (Å²) in [7, 11) is 0. The molecular weight excluding hydrogens is 156 g/mol. The van der Waals surface area contributed by atoms with E-state index in [-0.39, 0.29) is 6.10 Å². The van der Waals surface area contributed by atoms with Crippen LogP contribution in [0, 0.1) is 11.8 Å². The van der Waals surface area contributed by atoms with Crippen molar-refractivity contribution < 1.29 is 9.53 Å². The number of carbonyl (C=O) groups excluding carboxylic acids is 1. The Morgan fingerprint density at radius 2 is 2.25 bits per heavy atom. The third-order valence-electron chi connectivity index (χ3n) is 2.96. The van der Waals surface area contributed by atoms with Gasteiger partial charge in [0.15, 0.2) is 0 Å². The normalized spacial score (nSPS) is 39.5. The number of rotatable bonds is 1. The van der Waals surface area contributed by atoms with E-state index in [1.165, 1.54) is 0 Å². The van der Waals surface area contributed by atoms with E-state index in [0.29, 0.717) is 11.8 Å². The minimum atomic E-state index is -0.632. The highest BCUT2D eigenvalue weighted by atomic mass is 16.6. The van der Waals surface area contributed by atoms with Gasteiger partial charge in [0, 0.05) is 12.5 Å². The Labute approximate surface area is 71.4 Å². The van der Waals surface area contributed by atoms with Crippen LogP contribution < -0.4 is 11.1 Å². The topological polar surface area (TPSA) is 64.4 Å². The molecule has 2 fully saturated rings. The van der Waals surface area contributed by atoms with Gasteiger partial charge in [-0.2, -0.15) is 0 Å². The first-order valence-electron chi connectivity index (χ1n) is 4.44. The molecule has 0 radical (unpaired) electrons. The lowest BCUT2D eigenvalue weighted by Gasteiger charge is -2.16. The van der Waals surface area contributed by atoms with Crippen LogP contribution in [0.25, 0.3) is 0 Å². The first-order chi connectivity index (χ1) is 5.77. The van der Waals surface area contributed by atoms with Crippen molar-refractivity contribution in [1.82, 2.24) is 5.32 Å². The molecule has 0 aromatic heterocycles. The summed E-state index contributed by atoms with van der Waals surface area (Å²) < 4.78 is 5.02.